The van der Waals surface area contributed by atoms with Crippen LogP contribution in [-0.2, 0) is 9.53 Å². The van der Waals surface area contributed by atoms with Gasteiger partial charge in [0.05, 0.1) is 18.6 Å². The lowest BCUT2D eigenvalue weighted by Gasteiger charge is -2.28. The average Bonchev–Trinajstić information content (AvgIpc) is 2.46. The zero-order chi connectivity index (χ0) is 15.5. The quantitative estimate of drug-likeness (QED) is 0.508. The molecule has 0 bridgehead atoms. The van der Waals surface area contributed by atoms with Gasteiger partial charge in [0.15, 0.2) is 11.6 Å². The SMILES string of the molecule is CC(C)COC1(O)C=CC(=C(O)c2ccccc2)C(=O)C1. The molecule has 0 radical (unpaired) electrons. The van der Waals surface area contributed by atoms with Crippen LogP contribution in [0.25, 0.3) is 5.76 Å². The maximum Gasteiger partial charge on any atom is 0.192 e. The molecule has 1 aromatic carbocycles. The standard InChI is InChI=1S/C17H20O4/c1-12(2)11-21-17(20)9-8-14(15(18)10-17)16(19)13-6-4-3-5-7-13/h3-9,12,19-20H,10-11H2,1-2H3. The predicted molar refractivity (Wildman–Crippen MR) is 80.5 cm³/mol. The lowest BCUT2D eigenvalue weighted by atomic mass is 9.93. The highest BCUT2D eigenvalue weighted by Crippen LogP contribution is 2.28. The summed E-state index contributed by atoms with van der Waals surface area (Å²) >= 11 is 0. The van der Waals surface area contributed by atoms with E-state index in [1.54, 1.807) is 24.3 Å². The normalized spacial score (nSPS) is 24.5. The molecule has 2 N–H and O–H groups in total. The van der Waals surface area contributed by atoms with Crippen molar-refractivity contribution in [3.05, 3.63) is 53.6 Å². The Morgan fingerprint density at radius 1 is 1.33 bits per heavy atom. The van der Waals surface area contributed by atoms with E-state index in [4.69, 9.17) is 4.74 Å². The second kappa shape index (κ2) is 6.24. The molecule has 1 aromatic rings. The molecule has 112 valence electrons. The van der Waals surface area contributed by atoms with E-state index in [2.05, 4.69) is 0 Å². The lowest BCUT2D eigenvalue weighted by Crippen LogP contribution is -2.37. The molecule has 2 rings (SSSR count). The van der Waals surface area contributed by atoms with E-state index in [1.807, 2.05) is 19.9 Å². The van der Waals surface area contributed by atoms with E-state index < -0.39 is 5.79 Å². The van der Waals surface area contributed by atoms with Gasteiger partial charge in [-0.2, -0.15) is 0 Å². The van der Waals surface area contributed by atoms with Crippen molar-refractivity contribution in [3.8, 4) is 0 Å². The number of carbonyl (C=O) groups excluding carboxylic acids is 1. The minimum absolute atomic E-state index is 0.0808. The number of allylic oxidation sites excluding steroid dienone is 2. The van der Waals surface area contributed by atoms with Crippen LogP contribution in [0.4, 0.5) is 0 Å². The van der Waals surface area contributed by atoms with Crippen LogP contribution in [0.5, 0.6) is 0 Å². The topological polar surface area (TPSA) is 66.8 Å². The van der Waals surface area contributed by atoms with Gasteiger partial charge in [-0.15, -0.1) is 0 Å². The summed E-state index contributed by atoms with van der Waals surface area (Å²) in [7, 11) is 0. The number of rotatable bonds is 4. The number of hydrogen-bond donors (Lipinski definition) is 2. The number of ether oxygens (including phenoxy) is 1. The van der Waals surface area contributed by atoms with Crippen molar-refractivity contribution in [2.75, 3.05) is 6.61 Å². The highest BCUT2D eigenvalue weighted by Gasteiger charge is 2.34. The fraction of sp³-hybridized carbons (Fsp3) is 0.353. The van der Waals surface area contributed by atoms with Crippen molar-refractivity contribution >= 4 is 11.5 Å². The second-order valence-electron chi connectivity index (χ2n) is 5.61. The molecular formula is C17H20O4. The van der Waals surface area contributed by atoms with Crippen LogP contribution >= 0.6 is 0 Å². The molecule has 0 aromatic heterocycles. The van der Waals surface area contributed by atoms with Crippen LogP contribution in [0, 0.1) is 5.92 Å². The van der Waals surface area contributed by atoms with Gasteiger partial charge >= 0.3 is 0 Å². The van der Waals surface area contributed by atoms with Crippen LogP contribution in [0.1, 0.15) is 25.8 Å². The van der Waals surface area contributed by atoms with E-state index in [0.717, 1.165) is 0 Å². The second-order valence-corrected chi connectivity index (χ2v) is 5.61. The Kier molecular flexibility index (Phi) is 4.60. The third-order valence-corrected chi connectivity index (χ3v) is 3.19. The fourth-order valence-electron chi connectivity index (χ4n) is 2.06. The van der Waals surface area contributed by atoms with E-state index >= 15 is 0 Å². The zero-order valence-electron chi connectivity index (χ0n) is 12.2. The molecule has 21 heavy (non-hydrogen) atoms. The molecule has 1 unspecified atom stereocenters. The number of benzene rings is 1. The monoisotopic (exact) mass is 288 g/mol. The third-order valence-electron chi connectivity index (χ3n) is 3.19. The molecule has 1 atom stereocenters. The van der Waals surface area contributed by atoms with E-state index in [-0.39, 0.29) is 29.5 Å². The first kappa shape index (κ1) is 15.5. The van der Waals surface area contributed by atoms with Crippen molar-refractivity contribution < 1.29 is 19.7 Å². The highest BCUT2D eigenvalue weighted by atomic mass is 16.6. The van der Waals surface area contributed by atoms with Crippen molar-refractivity contribution in [3.63, 3.8) is 0 Å². The number of aliphatic hydroxyl groups is 2. The Morgan fingerprint density at radius 2 is 2.00 bits per heavy atom. The molecule has 0 saturated carbocycles. The van der Waals surface area contributed by atoms with Gasteiger partial charge in [0, 0.05) is 5.56 Å². The molecule has 0 fully saturated rings. The van der Waals surface area contributed by atoms with Crippen LogP contribution in [0.3, 0.4) is 0 Å². The smallest absolute Gasteiger partial charge is 0.192 e. The van der Waals surface area contributed by atoms with Crippen LogP contribution < -0.4 is 0 Å². The summed E-state index contributed by atoms with van der Waals surface area (Å²) in [6.07, 6.45) is 2.65. The summed E-state index contributed by atoms with van der Waals surface area (Å²) in [6.45, 7) is 4.28. The van der Waals surface area contributed by atoms with Gasteiger partial charge in [0.2, 0.25) is 0 Å². The predicted octanol–water partition coefficient (Wildman–Crippen LogP) is 2.85. The first-order valence-corrected chi connectivity index (χ1v) is 6.99. The Bertz CT molecular complexity index is 572. The molecule has 4 heteroatoms. The van der Waals surface area contributed by atoms with Gasteiger partial charge in [0.25, 0.3) is 0 Å². The van der Waals surface area contributed by atoms with E-state index in [9.17, 15) is 15.0 Å². The van der Waals surface area contributed by atoms with Crippen LogP contribution in [0.15, 0.2) is 48.1 Å². The lowest BCUT2D eigenvalue weighted by molar-refractivity contribution is -0.180. The summed E-state index contributed by atoms with van der Waals surface area (Å²) in [4.78, 5) is 12.2. The number of Topliss-reactive ketones (excluding diaryl/α,β-unsaturated/α-hetero) is 1. The Labute approximate surface area is 124 Å². The van der Waals surface area contributed by atoms with Crippen molar-refractivity contribution in [2.24, 2.45) is 5.92 Å². The molecular weight excluding hydrogens is 268 g/mol. The molecule has 1 aliphatic carbocycles. The van der Waals surface area contributed by atoms with Gasteiger partial charge in [-0.1, -0.05) is 44.2 Å². The van der Waals surface area contributed by atoms with E-state index in [1.165, 1.54) is 12.2 Å². The van der Waals surface area contributed by atoms with Gasteiger partial charge in [-0.3, -0.25) is 4.79 Å². The molecule has 0 amide bonds. The largest absolute Gasteiger partial charge is 0.507 e. The third kappa shape index (κ3) is 3.80. The summed E-state index contributed by atoms with van der Waals surface area (Å²) in [5.41, 5.74) is 0.762. The fourth-order valence-corrected chi connectivity index (χ4v) is 2.06. The first-order chi connectivity index (χ1) is 9.91. The van der Waals surface area contributed by atoms with Crippen molar-refractivity contribution in [1.29, 1.82) is 0 Å². The van der Waals surface area contributed by atoms with Gasteiger partial charge in [-0.05, 0) is 18.1 Å². The molecule has 0 aliphatic heterocycles. The first-order valence-electron chi connectivity index (χ1n) is 6.99. The maximum atomic E-state index is 12.2. The summed E-state index contributed by atoms with van der Waals surface area (Å²) in [5.74, 6) is -1.75. The minimum Gasteiger partial charge on any atom is -0.507 e. The van der Waals surface area contributed by atoms with Crippen LogP contribution in [0.2, 0.25) is 0 Å². The molecule has 0 saturated heterocycles. The summed E-state index contributed by atoms with van der Waals surface area (Å²) in [6, 6.07) is 8.84. The Hall–Kier alpha value is -1.91. The maximum absolute atomic E-state index is 12.2. The van der Waals surface area contributed by atoms with Gasteiger partial charge in [0.1, 0.15) is 5.76 Å². The summed E-state index contributed by atoms with van der Waals surface area (Å²) in [5, 5.41) is 20.4. The van der Waals surface area contributed by atoms with Gasteiger partial charge < -0.3 is 14.9 Å². The molecule has 4 nitrogen and oxygen atoms in total. The Balaban J connectivity index is 2.24. The van der Waals surface area contributed by atoms with E-state index in [0.29, 0.717) is 12.2 Å². The van der Waals surface area contributed by atoms with Crippen LogP contribution in [-0.4, -0.2) is 28.4 Å². The van der Waals surface area contributed by atoms with Gasteiger partial charge in [-0.25, -0.2) is 0 Å². The van der Waals surface area contributed by atoms with Crippen molar-refractivity contribution in [1.82, 2.24) is 0 Å². The average molecular weight is 288 g/mol. The molecule has 0 spiro atoms. The minimum atomic E-state index is -1.58. The molecule has 1 aliphatic rings. The van der Waals surface area contributed by atoms with Crippen molar-refractivity contribution in [2.45, 2.75) is 26.1 Å². The number of carbonyl (C=O) groups is 1. The molecule has 0 heterocycles. The summed E-state index contributed by atoms with van der Waals surface area (Å²) < 4.78 is 5.38. The number of ketones is 1. The zero-order valence-corrected chi connectivity index (χ0v) is 12.2. The highest BCUT2D eigenvalue weighted by molar-refractivity contribution is 6.05. The number of aliphatic hydroxyl groups excluding tert-OH is 1. The number of hydrogen-bond acceptors (Lipinski definition) is 4. The Morgan fingerprint density at radius 3 is 2.57 bits per heavy atom.